The lowest BCUT2D eigenvalue weighted by Gasteiger charge is -2.19. The minimum Gasteiger partial charge on any atom is -0.394 e. The van der Waals surface area contributed by atoms with Crippen molar-refractivity contribution in [2.45, 2.75) is 18.8 Å². The Bertz CT molecular complexity index is 778. The van der Waals surface area contributed by atoms with Crippen LogP contribution in [0.15, 0.2) is 48.5 Å². The number of sulfonamides is 1. The minimum atomic E-state index is -3.54. The van der Waals surface area contributed by atoms with E-state index in [9.17, 15) is 8.42 Å². The Kier molecular flexibility index (Phi) is 7.40. The standard InChI is InChI=1S/C18H22ClNO4S/c1-14-5-7-16(8-6-14)18(24-10-9-21)12-20-25(22,23)13-15-3-2-4-17(19)11-15/h2-8,11,18,20-21H,9-10,12-13H2,1H3. The van der Waals surface area contributed by atoms with E-state index < -0.39 is 16.1 Å². The lowest BCUT2D eigenvalue weighted by molar-refractivity contribution is 0.0309. The van der Waals surface area contributed by atoms with Crippen LogP contribution in [-0.2, 0) is 20.5 Å². The van der Waals surface area contributed by atoms with Gasteiger partial charge in [0.1, 0.15) is 0 Å². The Morgan fingerprint density at radius 2 is 1.92 bits per heavy atom. The van der Waals surface area contributed by atoms with Gasteiger partial charge in [0.2, 0.25) is 10.0 Å². The average Bonchev–Trinajstić information content (AvgIpc) is 2.55. The topological polar surface area (TPSA) is 75.6 Å². The van der Waals surface area contributed by atoms with Gasteiger partial charge >= 0.3 is 0 Å². The lowest BCUT2D eigenvalue weighted by atomic mass is 10.1. The second-order valence-corrected chi connectivity index (χ2v) is 7.97. The molecule has 5 nitrogen and oxygen atoms in total. The molecule has 0 bridgehead atoms. The summed E-state index contributed by atoms with van der Waals surface area (Å²) in [5, 5.41) is 9.48. The predicted molar refractivity (Wildman–Crippen MR) is 99.0 cm³/mol. The minimum absolute atomic E-state index is 0.0892. The Labute approximate surface area is 153 Å². The van der Waals surface area contributed by atoms with Crippen LogP contribution in [-0.4, -0.2) is 33.3 Å². The molecule has 0 radical (unpaired) electrons. The monoisotopic (exact) mass is 383 g/mol. The summed E-state index contributed by atoms with van der Waals surface area (Å²) < 4.78 is 32.8. The highest BCUT2D eigenvalue weighted by Crippen LogP contribution is 2.18. The van der Waals surface area contributed by atoms with Crippen molar-refractivity contribution >= 4 is 21.6 Å². The molecule has 0 saturated carbocycles. The summed E-state index contributed by atoms with van der Waals surface area (Å²) in [6.07, 6.45) is -0.470. The van der Waals surface area contributed by atoms with Crippen LogP contribution in [0.1, 0.15) is 22.8 Å². The molecule has 2 aromatic carbocycles. The maximum atomic E-state index is 12.3. The van der Waals surface area contributed by atoms with E-state index in [0.717, 1.165) is 11.1 Å². The molecule has 0 aliphatic carbocycles. The maximum absolute atomic E-state index is 12.3. The van der Waals surface area contributed by atoms with E-state index in [-0.39, 0.29) is 25.5 Å². The Balaban J connectivity index is 2.04. The molecule has 1 unspecified atom stereocenters. The number of benzene rings is 2. The van der Waals surface area contributed by atoms with Crippen LogP contribution in [0, 0.1) is 6.92 Å². The number of hydrogen-bond acceptors (Lipinski definition) is 4. The van der Waals surface area contributed by atoms with Crippen molar-refractivity contribution < 1.29 is 18.3 Å². The Hall–Kier alpha value is -1.44. The smallest absolute Gasteiger partial charge is 0.215 e. The number of halogens is 1. The molecular formula is C18H22ClNO4S. The summed E-state index contributed by atoms with van der Waals surface area (Å²) in [5.74, 6) is -0.159. The second kappa shape index (κ2) is 9.31. The molecule has 136 valence electrons. The van der Waals surface area contributed by atoms with Crippen molar-refractivity contribution in [2.24, 2.45) is 0 Å². The largest absolute Gasteiger partial charge is 0.394 e. The molecule has 0 fully saturated rings. The van der Waals surface area contributed by atoms with Crippen molar-refractivity contribution in [1.29, 1.82) is 0 Å². The molecule has 0 heterocycles. The van der Waals surface area contributed by atoms with Crippen molar-refractivity contribution in [1.82, 2.24) is 4.72 Å². The van der Waals surface area contributed by atoms with Crippen LogP contribution in [0.2, 0.25) is 5.02 Å². The van der Waals surface area contributed by atoms with E-state index in [1.807, 2.05) is 31.2 Å². The fourth-order valence-corrected chi connectivity index (χ4v) is 3.69. The van der Waals surface area contributed by atoms with Crippen molar-refractivity contribution in [3.05, 3.63) is 70.2 Å². The van der Waals surface area contributed by atoms with E-state index in [2.05, 4.69) is 4.72 Å². The van der Waals surface area contributed by atoms with Gasteiger partial charge in [-0.05, 0) is 30.2 Å². The van der Waals surface area contributed by atoms with Crippen LogP contribution in [0.5, 0.6) is 0 Å². The van der Waals surface area contributed by atoms with Crippen molar-refractivity contribution in [3.8, 4) is 0 Å². The number of rotatable bonds is 9. The fraction of sp³-hybridized carbons (Fsp3) is 0.333. The molecule has 0 spiro atoms. The van der Waals surface area contributed by atoms with Gasteiger partial charge in [0.25, 0.3) is 0 Å². The molecule has 25 heavy (non-hydrogen) atoms. The molecule has 0 aromatic heterocycles. The zero-order valence-corrected chi connectivity index (χ0v) is 15.6. The van der Waals surface area contributed by atoms with E-state index in [0.29, 0.717) is 10.6 Å². The van der Waals surface area contributed by atoms with Gasteiger partial charge in [-0.3, -0.25) is 0 Å². The number of aliphatic hydroxyl groups excluding tert-OH is 1. The van der Waals surface area contributed by atoms with Crippen molar-refractivity contribution in [2.75, 3.05) is 19.8 Å². The van der Waals surface area contributed by atoms with Gasteiger partial charge in [-0.15, -0.1) is 0 Å². The van der Waals surface area contributed by atoms with Crippen LogP contribution >= 0.6 is 11.6 Å². The van der Waals surface area contributed by atoms with E-state index in [4.69, 9.17) is 21.4 Å². The molecule has 2 rings (SSSR count). The van der Waals surface area contributed by atoms with Gasteiger partial charge in [0.05, 0.1) is 25.1 Å². The first-order valence-corrected chi connectivity index (χ1v) is 9.93. The lowest BCUT2D eigenvalue weighted by Crippen LogP contribution is -2.31. The number of ether oxygens (including phenoxy) is 1. The fourth-order valence-electron chi connectivity index (χ4n) is 2.35. The highest BCUT2D eigenvalue weighted by molar-refractivity contribution is 7.88. The summed E-state index contributed by atoms with van der Waals surface area (Å²) in [6, 6.07) is 14.4. The molecule has 7 heteroatoms. The highest BCUT2D eigenvalue weighted by Gasteiger charge is 2.17. The Morgan fingerprint density at radius 1 is 1.20 bits per heavy atom. The summed E-state index contributed by atoms with van der Waals surface area (Å²) in [5.41, 5.74) is 2.57. The average molecular weight is 384 g/mol. The van der Waals surface area contributed by atoms with Crippen LogP contribution in [0.4, 0.5) is 0 Å². The van der Waals surface area contributed by atoms with E-state index >= 15 is 0 Å². The Morgan fingerprint density at radius 3 is 2.56 bits per heavy atom. The van der Waals surface area contributed by atoms with Gasteiger partial charge in [-0.1, -0.05) is 53.6 Å². The first-order chi connectivity index (χ1) is 11.9. The van der Waals surface area contributed by atoms with Gasteiger partial charge in [-0.25, -0.2) is 13.1 Å². The molecule has 2 aromatic rings. The third-order valence-electron chi connectivity index (χ3n) is 3.59. The van der Waals surface area contributed by atoms with Crippen LogP contribution < -0.4 is 4.72 Å². The van der Waals surface area contributed by atoms with Gasteiger partial charge in [0.15, 0.2) is 0 Å². The maximum Gasteiger partial charge on any atom is 0.215 e. The van der Waals surface area contributed by atoms with E-state index in [1.165, 1.54) is 0 Å². The molecule has 0 aliphatic rings. The second-order valence-electron chi connectivity index (χ2n) is 5.73. The molecule has 0 aliphatic heterocycles. The number of aryl methyl sites for hydroxylation is 1. The summed E-state index contributed by atoms with van der Waals surface area (Å²) >= 11 is 5.89. The third-order valence-corrected chi connectivity index (χ3v) is 5.15. The normalized spacial score (nSPS) is 12.9. The molecule has 0 saturated heterocycles. The highest BCUT2D eigenvalue weighted by atomic mass is 35.5. The summed E-state index contributed by atoms with van der Waals surface area (Å²) in [4.78, 5) is 0. The van der Waals surface area contributed by atoms with Gasteiger partial charge < -0.3 is 9.84 Å². The SMILES string of the molecule is Cc1ccc(C(CNS(=O)(=O)Cc2cccc(Cl)c2)OCCO)cc1. The van der Waals surface area contributed by atoms with E-state index in [1.54, 1.807) is 24.3 Å². The van der Waals surface area contributed by atoms with Crippen LogP contribution in [0.25, 0.3) is 0 Å². The summed E-state index contributed by atoms with van der Waals surface area (Å²) in [6.45, 7) is 2.07. The van der Waals surface area contributed by atoms with Gasteiger partial charge in [0, 0.05) is 11.6 Å². The molecule has 1 atom stereocenters. The van der Waals surface area contributed by atoms with Crippen LogP contribution in [0.3, 0.4) is 0 Å². The van der Waals surface area contributed by atoms with Crippen molar-refractivity contribution in [3.63, 3.8) is 0 Å². The zero-order chi connectivity index (χ0) is 18.3. The molecular weight excluding hydrogens is 362 g/mol. The quantitative estimate of drug-likeness (QED) is 0.698. The number of aliphatic hydroxyl groups is 1. The first-order valence-electron chi connectivity index (χ1n) is 7.90. The number of hydrogen-bond donors (Lipinski definition) is 2. The third kappa shape index (κ3) is 6.76. The van der Waals surface area contributed by atoms with Gasteiger partial charge in [-0.2, -0.15) is 0 Å². The molecule has 2 N–H and O–H groups in total. The number of nitrogens with one attached hydrogen (secondary N) is 1. The first kappa shape index (κ1) is 19.9. The predicted octanol–water partition coefficient (Wildman–Crippen LogP) is 2.82. The zero-order valence-electron chi connectivity index (χ0n) is 14.0. The molecule has 0 amide bonds. The summed E-state index contributed by atoms with van der Waals surface area (Å²) in [7, 11) is -3.54.